The van der Waals surface area contributed by atoms with Crippen molar-refractivity contribution in [2.45, 2.75) is 27.7 Å². The van der Waals surface area contributed by atoms with Gasteiger partial charge in [-0.2, -0.15) is 0 Å². The van der Waals surface area contributed by atoms with Crippen molar-refractivity contribution in [3.05, 3.63) is 51.4 Å². The maximum absolute atomic E-state index is 11.3. The first-order valence-electron chi connectivity index (χ1n) is 8.10. The first kappa shape index (κ1) is 19.5. The van der Waals surface area contributed by atoms with Gasteiger partial charge in [-0.05, 0) is 33.3 Å². The van der Waals surface area contributed by atoms with Crippen molar-refractivity contribution in [2.75, 3.05) is 4.90 Å². The Morgan fingerprint density at radius 1 is 1.26 bits per heavy atom. The van der Waals surface area contributed by atoms with Crippen LogP contribution in [0.4, 0.5) is 5.00 Å². The summed E-state index contributed by atoms with van der Waals surface area (Å²) in [5.41, 5.74) is 4.62. The van der Waals surface area contributed by atoms with Gasteiger partial charge in [0.15, 0.2) is 3.84 Å². The fourth-order valence-corrected chi connectivity index (χ4v) is 7.21. The lowest BCUT2D eigenvalue weighted by Gasteiger charge is -2.20. The summed E-state index contributed by atoms with van der Waals surface area (Å²) < 4.78 is 7.29. The molecule has 3 N–H and O–H groups in total. The maximum atomic E-state index is 11.3. The van der Waals surface area contributed by atoms with E-state index >= 15 is 0 Å². The third kappa shape index (κ3) is 3.60. The van der Waals surface area contributed by atoms with Crippen LogP contribution in [0.5, 0.6) is 0 Å². The molecule has 0 saturated carbocycles. The number of carbonyl (C=O) groups is 1. The molecule has 0 saturated heterocycles. The Bertz CT molecular complexity index is 1100. The highest BCUT2D eigenvalue weighted by Crippen LogP contribution is 2.44. The summed E-state index contributed by atoms with van der Waals surface area (Å²) in [6.07, 6.45) is 0. The average Bonchev–Trinajstić information content (AvgIpc) is 2.80. The number of rotatable bonds is 1. The van der Waals surface area contributed by atoms with Gasteiger partial charge < -0.3 is 5.11 Å². The summed E-state index contributed by atoms with van der Waals surface area (Å²) >= 11 is -1.46. The molecule has 2 heterocycles. The van der Waals surface area contributed by atoms with Gasteiger partial charge in [-0.1, -0.05) is 29.8 Å². The van der Waals surface area contributed by atoms with Crippen LogP contribution in [0.15, 0.2) is 27.5 Å². The zero-order chi connectivity index (χ0) is 19.9. The van der Waals surface area contributed by atoms with Crippen LogP contribution in [-0.4, -0.2) is 26.5 Å². The molecule has 0 amide bonds. The maximum Gasteiger partial charge on any atom is 0.380 e. The van der Waals surface area contributed by atoms with Crippen molar-refractivity contribution in [2.24, 2.45) is 3.21 Å². The number of hydrogen-bond acceptors (Lipinski definition) is 5. The minimum absolute atomic E-state index is 0.0683. The van der Waals surface area contributed by atoms with Gasteiger partial charge in [0.25, 0.3) is 0 Å². The zero-order valence-electron chi connectivity index (χ0n) is 15.3. The molecule has 8 heteroatoms. The highest BCUT2D eigenvalue weighted by molar-refractivity contribution is 14.2. The van der Waals surface area contributed by atoms with Crippen molar-refractivity contribution >= 4 is 57.1 Å². The third-order valence-corrected chi connectivity index (χ3v) is 8.75. The van der Waals surface area contributed by atoms with Crippen LogP contribution in [0.1, 0.15) is 34.1 Å². The van der Waals surface area contributed by atoms with Gasteiger partial charge in [0.1, 0.15) is 10.8 Å². The molecule has 1 aliphatic heterocycles. The zero-order valence-corrected chi connectivity index (χ0v) is 18.3. The molecular weight excluding hydrogens is 475 g/mol. The van der Waals surface area contributed by atoms with E-state index in [2.05, 4.69) is 3.81 Å². The number of carboxylic acids is 1. The monoisotopic (exact) mass is 494 g/mol. The van der Waals surface area contributed by atoms with Gasteiger partial charge in [0.2, 0.25) is 0 Å². The number of aliphatic carboxylic acids is 1. The summed E-state index contributed by atoms with van der Waals surface area (Å²) in [7, 11) is 0. The Labute approximate surface area is 168 Å². The Morgan fingerprint density at radius 2 is 1.89 bits per heavy atom. The molecule has 0 atom stereocenters. The minimum atomic E-state index is -2.96. The molecule has 6 nitrogen and oxygen atoms in total. The number of amidine groups is 2. The quantitative estimate of drug-likeness (QED) is 0.231. The van der Waals surface area contributed by atoms with Gasteiger partial charge in [0.05, 0.1) is 25.1 Å². The van der Waals surface area contributed by atoms with Crippen LogP contribution in [0.25, 0.3) is 0 Å². The summed E-state index contributed by atoms with van der Waals surface area (Å²) in [6.45, 7) is 7.62. The topological polar surface area (TPSA) is 101 Å². The number of carboxylic acid groups (broad SMARTS) is 1. The summed E-state index contributed by atoms with van der Waals surface area (Å²) in [5, 5.41) is 26.8. The minimum Gasteiger partial charge on any atom is -0.472 e. The summed E-state index contributed by atoms with van der Waals surface area (Å²) in [5.74, 6) is -1.02. The van der Waals surface area contributed by atoms with Crippen molar-refractivity contribution in [3.63, 3.8) is 0 Å². The lowest BCUT2D eigenvalue weighted by Crippen LogP contribution is -2.31. The van der Waals surface area contributed by atoms with Crippen LogP contribution in [0, 0.1) is 35.4 Å². The lowest BCUT2D eigenvalue weighted by molar-refractivity contribution is -0.130. The van der Waals surface area contributed by atoms with E-state index in [4.69, 9.17) is 14.0 Å². The largest absolute Gasteiger partial charge is 0.472 e. The van der Waals surface area contributed by atoms with Gasteiger partial charge in [0, 0.05) is 19.8 Å². The normalized spacial score (nSPS) is 14.3. The van der Waals surface area contributed by atoms with Gasteiger partial charge >= 0.3 is 5.97 Å². The molecule has 1 aliphatic rings. The average molecular weight is 494 g/mol. The molecule has 0 bridgehead atoms. The number of hydrogen-bond donors (Lipinski definition) is 3. The number of thiophene rings is 1. The lowest BCUT2D eigenvalue weighted by atomic mass is 9.99. The predicted octanol–water partition coefficient (Wildman–Crippen LogP) is 4.73. The standard InChI is InChI=1S/C19H19IN4O2S/c1-10-5-7-14(8-6-10)17-16-11(2)12(3)27-18(16)24(13(4)21)19(22)20(23-17)9-15(25)26/h5-8,21-22H,1-4H3,(H,25,26). The molecule has 0 fully saturated rings. The molecule has 3 rings (SSSR count). The molecule has 0 unspecified atom stereocenters. The molecule has 0 aliphatic carbocycles. The highest BCUT2D eigenvalue weighted by Gasteiger charge is 2.31. The van der Waals surface area contributed by atoms with E-state index in [1.54, 1.807) is 6.92 Å². The van der Waals surface area contributed by atoms with E-state index in [1.807, 2.05) is 45.0 Å². The van der Waals surface area contributed by atoms with E-state index in [1.165, 1.54) is 16.2 Å². The Kier molecular flexibility index (Phi) is 5.32. The number of nitrogens with zero attached hydrogens (tertiary/aromatic N) is 2. The molecule has 0 radical (unpaired) electrons. The van der Waals surface area contributed by atoms with E-state index in [-0.39, 0.29) is 9.68 Å². The molecule has 0 spiro atoms. The van der Waals surface area contributed by atoms with Crippen LogP contribution in [-0.2, 0) is 4.79 Å². The summed E-state index contributed by atoms with van der Waals surface area (Å²) in [6, 6.07) is 7.92. The first-order chi connectivity index (χ1) is 12.7. The van der Waals surface area contributed by atoms with Crippen molar-refractivity contribution in [1.29, 1.82) is 10.8 Å². The molecule has 1 aromatic heterocycles. The number of anilines is 1. The molecule has 140 valence electrons. The third-order valence-electron chi connectivity index (χ3n) is 4.17. The number of halogens is 1. The van der Waals surface area contributed by atoms with Crippen LogP contribution in [0.2, 0.25) is 0 Å². The van der Waals surface area contributed by atoms with Gasteiger partial charge in [-0.15, -0.1) is 11.3 Å². The fourth-order valence-electron chi connectivity index (χ4n) is 2.73. The van der Waals surface area contributed by atoms with E-state index in [0.29, 0.717) is 5.71 Å². The molecule has 27 heavy (non-hydrogen) atoms. The molecular formula is C19H19IN4O2S. The van der Waals surface area contributed by atoms with Crippen LogP contribution in [0.3, 0.4) is 0 Å². The molecule has 1 aromatic carbocycles. The smallest absolute Gasteiger partial charge is 0.380 e. The Balaban J connectivity index is 2.41. The Hall–Kier alpha value is -2.29. The van der Waals surface area contributed by atoms with Gasteiger partial charge in [-0.3, -0.25) is 15.7 Å². The van der Waals surface area contributed by atoms with Crippen molar-refractivity contribution in [1.82, 2.24) is 0 Å². The van der Waals surface area contributed by atoms with Gasteiger partial charge in [-0.25, -0.2) is 8.00 Å². The Morgan fingerprint density at radius 3 is 2.44 bits per heavy atom. The highest BCUT2D eigenvalue weighted by atomic mass is 127. The number of benzene rings is 1. The van der Waals surface area contributed by atoms with E-state index in [9.17, 15) is 9.90 Å². The second kappa shape index (κ2) is 7.38. The number of fused-ring (bicyclic) bond motifs is 1. The van der Waals surface area contributed by atoms with Crippen LogP contribution >= 0.6 is 30.8 Å². The number of nitrogens with one attached hydrogen (secondary N) is 2. The first-order valence-corrected chi connectivity index (χ1v) is 12.0. The fraction of sp³-hybridized carbons (Fsp3) is 0.211. The summed E-state index contributed by atoms with van der Waals surface area (Å²) in [4.78, 5) is 13.9. The van der Waals surface area contributed by atoms with E-state index in [0.717, 1.165) is 32.1 Å². The predicted molar refractivity (Wildman–Crippen MR) is 120 cm³/mol. The SMILES string of the molecule is CC(=N)N1C(=N)I(#CC(=O)O)N=C(c2ccc(C)cc2)c2c1sc(C)c2C. The molecule has 2 aromatic rings. The second-order valence-corrected chi connectivity index (χ2v) is 10.9. The second-order valence-electron chi connectivity index (χ2n) is 6.14. The van der Waals surface area contributed by atoms with Crippen LogP contribution < -0.4 is 4.90 Å². The van der Waals surface area contributed by atoms with Crippen molar-refractivity contribution < 1.29 is 9.90 Å². The van der Waals surface area contributed by atoms with Crippen molar-refractivity contribution in [3.8, 4) is 3.81 Å². The number of aryl methyl sites for hydroxylation is 2. The van der Waals surface area contributed by atoms with E-state index < -0.39 is 25.4 Å².